The normalized spacial score (nSPS) is 12.6. The zero-order chi connectivity index (χ0) is 13.0. The number of hydrogen-bond acceptors (Lipinski definition) is 2. The molecule has 0 radical (unpaired) electrons. The van der Waals surface area contributed by atoms with Crippen LogP contribution in [0, 0.1) is 0 Å². The molecule has 0 aliphatic heterocycles. The van der Waals surface area contributed by atoms with Gasteiger partial charge in [0.05, 0.1) is 0 Å². The third kappa shape index (κ3) is 7.84. The predicted octanol–water partition coefficient (Wildman–Crippen LogP) is 3.46. The second-order valence-corrected chi connectivity index (χ2v) is 14.8. The van der Waals surface area contributed by atoms with Crippen molar-refractivity contribution in [3.8, 4) is 0 Å². The van der Waals surface area contributed by atoms with Gasteiger partial charge in [0, 0.05) is 5.57 Å². The molecule has 0 atom stereocenters. The van der Waals surface area contributed by atoms with Crippen LogP contribution in [0.2, 0.25) is 38.8 Å². The molecule has 0 aliphatic rings. The van der Waals surface area contributed by atoms with Gasteiger partial charge in [0.2, 0.25) is 0 Å². The van der Waals surface area contributed by atoms with E-state index in [0.29, 0.717) is 12.0 Å². The standard InChI is InChI=1S/C11H24O3Si2/c1-10(11(12)13)8-7-9-16(5,6)14-15(2,3)4/h1,7-9H2,2-6H3,(H,12,13). The summed E-state index contributed by atoms with van der Waals surface area (Å²) in [6.07, 6.45) is 1.44. The van der Waals surface area contributed by atoms with E-state index in [1.807, 2.05) is 0 Å². The third-order valence-electron chi connectivity index (χ3n) is 2.14. The van der Waals surface area contributed by atoms with E-state index in [1.54, 1.807) is 0 Å². The summed E-state index contributed by atoms with van der Waals surface area (Å²) in [5.74, 6) is -0.884. The van der Waals surface area contributed by atoms with Crippen LogP contribution in [0.3, 0.4) is 0 Å². The van der Waals surface area contributed by atoms with E-state index in [0.717, 1.165) is 12.5 Å². The molecule has 0 fully saturated rings. The maximum Gasteiger partial charge on any atom is 0.330 e. The maximum absolute atomic E-state index is 10.6. The lowest BCUT2D eigenvalue weighted by molar-refractivity contribution is -0.132. The van der Waals surface area contributed by atoms with Crippen LogP contribution in [0.25, 0.3) is 0 Å². The van der Waals surface area contributed by atoms with Gasteiger partial charge in [-0.3, -0.25) is 0 Å². The number of carbonyl (C=O) groups is 1. The van der Waals surface area contributed by atoms with Gasteiger partial charge in [-0.2, -0.15) is 0 Å². The van der Waals surface area contributed by atoms with Crippen LogP contribution in [-0.2, 0) is 8.91 Å². The van der Waals surface area contributed by atoms with Crippen molar-refractivity contribution in [2.24, 2.45) is 0 Å². The molecule has 0 aromatic carbocycles. The summed E-state index contributed by atoms with van der Waals surface area (Å²) in [5.41, 5.74) is 0.304. The van der Waals surface area contributed by atoms with E-state index in [1.165, 1.54) is 0 Å². The summed E-state index contributed by atoms with van der Waals surface area (Å²) in [4.78, 5) is 10.6. The molecule has 3 nitrogen and oxygen atoms in total. The molecule has 16 heavy (non-hydrogen) atoms. The average molecular weight is 260 g/mol. The number of carboxylic acid groups (broad SMARTS) is 1. The van der Waals surface area contributed by atoms with Crippen LogP contribution in [0.1, 0.15) is 12.8 Å². The second kappa shape index (κ2) is 5.79. The quantitative estimate of drug-likeness (QED) is 0.563. The highest BCUT2D eigenvalue weighted by molar-refractivity contribution is 6.84. The van der Waals surface area contributed by atoms with Gasteiger partial charge in [0.15, 0.2) is 16.6 Å². The van der Waals surface area contributed by atoms with Crippen LogP contribution in [0.4, 0.5) is 0 Å². The van der Waals surface area contributed by atoms with Crippen LogP contribution in [-0.4, -0.2) is 27.7 Å². The Bertz CT molecular complexity index is 267. The first-order chi connectivity index (χ1) is 7.03. The van der Waals surface area contributed by atoms with E-state index in [2.05, 4.69) is 39.3 Å². The minimum atomic E-state index is -1.61. The first-order valence-electron chi connectivity index (χ1n) is 5.65. The van der Waals surface area contributed by atoms with Gasteiger partial charge < -0.3 is 9.22 Å². The summed E-state index contributed by atoms with van der Waals surface area (Å²) in [5, 5.41) is 8.69. The van der Waals surface area contributed by atoms with Crippen LogP contribution in [0.15, 0.2) is 12.2 Å². The van der Waals surface area contributed by atoms with E-state index in [9.17, 15) is 4.79 Å². The molecular formula is C11H24O3Si2. The zero-order valence-electron chi connectivity index (χ0n) is 11.1. The molecule has 0 aromatic heterocycles. The van der Waals surface area contributed by atoms with Crippen LogP contribution in [0.5, 0.6) is 0 Å². The van der Waals surface area contributed by atoms with Gasteiger partial charge in [-0.25, -0.2) is 4.79 Å². The SMILES string of the molecule is C=C(CCC[Si](C)(C)O[Si](C)(C)C)C(=O)O. The first-order valence-corrected chi connectivity index (χ1v) is 12.2. The fourth-order valence-electron chi connectivity index (χ4n) is 1.71. The molecule has 0 bridgehead atoms. The largest absolute Gasteiger partial charge is 0.478 e. The second-order valence-electron chi connectivity index (χ2n) is 5.74. The van der Waals surface area contributed by atoms with Crippen molar-refractivity contribution in [1.82, 2.24) is 0 Å². The Kier molecular flexibility index (Phi) is 5.65. The van der Waals surface area contributed by atoms with Crippen molar-refractivity contribution in [3.05, 3.63) is 12.2 Å². The van der Waals surface area contributed by atoms with Gasteiger partial charge in [-0.15, -0.1) is 0 Å². The minimum absolute atomic E-state index is 0.304. The number of aliphatic carboxylic acids is 1. The van der Waals surface area contributed by atoms with Gasteiger partial charge in [-0.05, 0) is 51.6 Å². The van der Waals surface area contributed by atoms with Crippen molar-refractivity contribution >= 4 is 22.6 Å². The predicted molar refractivity (Wildman–Crippen MR) is 72.7 cm³/mol. The lowest BCUT2D eigenvalue weighted by Crippen LogP contribution is -2.42. The maximum atomic E-state index is 10.6. The molecule has 1 N–H and O–H groups in total. The Labute approximate surface area is 101 Å². The molecule has 0 saturated carbocycles. The van der Waals surface area contributed by atoms with Gasteiger partial charge in [0.25, 0.3) is 0 Å². The minimum Gasteiger partial charge on any atom is -0.478 e. The number of rotatable bonds is 7. The Hall–Kier alpha value is -0.396. The zero-order valence-corrected chi connectivity index (χ0v) is 13.1. The summed E-state index contributed by atoms with van der Waals surface area (Å²) >= 11 is 0. The lowest BCUT2D eigenvalue weighted by Gasteiger charge is -2.31. The molecular weight excluding hydrogens is 236 g/mol. The Morgan fingerprint density at radius 2 is 1.75 bits per heavy atom. The highest BCUT2D eigenvalue weighted by Crippen LogP contribution is 2.21. The van der Waals surface area contributed by atoms with Gasteiger partial charge >= 0.3 is 5.97 Å². The average Bonchev–Trinajstić information content (AvgIpc) is 1.98. The molecule has 0 aromatic rings. The Morgan fingerprint density at radius 3 is 2.12 bits per heavy atom. The van der Waals surface area contributed by atoms with Crippen molar-refractivity contribution in [1.29, 1.82) is 0 Å². The first kappa shape index (κ1) is 15.6. The number of hydrogen-bond donors (Lipinski definition) is 1. The highest BCUT2D eigenvalue weighted by Gasteiger charge is 2.29. The highest BCUT2D eigenvalue weighted by atomic mass is 28.4. The molecule has 0 unspecified atom stereocenters. The molecule has 0 saturated heterocycles. The summed E-state index contributed by atoms with van der Waals surface area (Å²) in [6.45, 7) is 14.5. The van der Waals surface area contributed by atoms with Crippen molar-refractivity contribution in [2.45, 2.75) is 51.6 Å². The van der Waals surface area contributed by atoms with E-state index >= 15 is 0 Å². The van der Waals surface area contributed by atoms with Crippen molar-refractivity contribution in [3.63, 3.8) is 0 Å². The molecule has 94 valence electrons. The molecule has 0 aliphatic carbocycles. The van der Waals surface area contributed by atoms with E-state index in [-0.39, 0.29) is 0 Å². The summed E-state index contributed by atoms with van der Waals surface area (Å²) < 4.78 is 6.17. The summed E-state index contributed by atoms with van der Waals surface area (Å²) in [7, 11) is -3.08. The molecule has 0 heterocycles. The molecule has 0 rings (SSSR count). The lowest BCUT2D eigenvalue weighted by atomic mass is 10.2. The summed E-state index contributed by atoms with van der Waals surface area (Å²) in [6, 6.07) is 1.00. The fraction of sp³-hybridized carbons (Fsp3) is 0.727. The smallest absolute Gasteiger partial charge is 0.330 e. The third-order valence-corrected chi connectivity index (χ3v) is 8.36. The van der Waals surface area contributed by atoms with E-state index in [4.69, 9.17) is 9.22 Å². The number of carboxylic acids is 1. The fourth-order valence-corrected chi connectivity index (χ4v) is 9.78. The van der Waals surface area contributed by atoms with Crippen LogP contribution >= 0.6 is 0 Å². The van der Waals surface area contributed by atoms with Crippen LogP contribution < -0.4 is 0 Å². The van der Waals surface area contributed by atoms with E-state index < -0.39 is 22.6 Å². The molecule has 5 heteroatoms. The van der Waals surface area contributed by atoms with Crippen molar-refractivity contribution in [2.75, 3.05) is 0 Å². The van der Waals surface area contributed by atoms with Gasteiger partial charge in [-0.1, -0.05) is 6.58 Å². The van der Waals surface area contributed by atoms with Crippen molar-refractivity contribution < 1.29 is 14.0 Å². The Balaban J connectivity index is 4.01. The van der Waals surface area contributed by atoms with Gasteiger partial charge in [0.1, 0.15) is 0 Å². The molecule has 0 amide bonds. The monoisotopic (exact) mass is 260 g/mol. The Morgan fingerprint density at radius 1 is 1.25 bits per heavy atom. The molecule has 0 spiro atoms. The topological polar surface area (TPSA) is 46.5 Å².